The Bertz CT molecular complexity index is 3650. The van der Waals surface area contributed by atoms with Crippen molar-refractivity contribution in [2.45, 2.75) is 0 Å². The Labute approximate surface area is 335 Å². The molecule has 0 unspecified atom stereocenters. The quantitative estimate of drug-likeness (QED) is 0.170. The lowest BCUT2D eigenvalue weighted by atomic mass is 9.93. The molecule has 0 N–H and O–H groups in total. The van der Waals surface area contributed by atoms with Crippen LogP contribution in [0.2, 0.25) is 0 Å². The van der Waals surface area contributed by atoms with E-state index in [1.807, 2.05) is 0 Å². The molecule has 12 aromatic rings. The lowest BCUT2D eigenvalue weighted by Crippen LogP contribution is -1.94. The van der Waals surface area contributed by atoms with E-state index in [2.05, 4.69) is 215 Å². The number of para-hydroxylation sites is 3. The number of aromatic nitrogens is 2. The number of rotatable bonds is 4. The van der Waals surface area contributed by atoms with Crippen molar-refractivity contribution >= 4 is 65.2 Å². The van der Waals surface area contributed by atoms with Gasteiger partial charge in [-0.1, -0.05) is 140 Å². The number of benzene rings is 10. The van der Waals surface area contributed by atoms with Crippen molar-refractivity contribution in [3.8, 4) is 55.9 Å². The maximum absolute atomic E-state index is 2.43. The van der Waals surface area contributed by atoms with E-state index in [0.717, 1.165) is 5.69 Å². The number of nitrogens with zero attached hydrogens (tertiary/aromatic N) is 2. The Morgan fingerprint density at radius 1 is 0.241 bits per heavy atom. The van der Waals surface area contributed by atoms with Gasteiger partial charge in [0, 0.05) is 32.9 Å². The van der Waals surface area contributed by atoms with Crippen LogP contribution in [0.15, 0.2) is 206 Å². The summed E-state index contributed by atoms with van der Waals surface area (Å²) in [7, 11) is 0. The van der Waals surface area contributed by atoms with Gasteiger partial charge in [0.05, 0.1) is 22.1 Å². The third kappa shape index (κ3) is 4.43. The molecule has 13 rings (SSSR count). The fourth-order valence-electron chi connectivity index (χ4n) is 10.0. The molecule has 0 fully saturated rings. The smallest absolute Gasteiger partial charge is 0.0541 e. The zero-order chi connectivity index (χ0) is 37.9. The summed E-state index contributed by atoms with van der Waals surface area (Å²) >= 11 is 0. The first-order chi connectivity index (χ1) is 28.8. The van der Waals surface area contributed by atoms with Gasteiger partial charge >= 0.3 is 0 Å². The highest BCUT2D eigenvalue weighted by atomic mass is 15.0. The molecule has 0 saturated heterocycles. The Morgan fingerprint density at radius 3 is 1.45 bits per heavy atom. The Morgan fingerprint density at radius 2 is 0.741 bits per heavy atom. The molecule has 58 heavy (non-hydrogen) atoms. The van der Waals surface area contributed by atoms with Gasteiger partial charge in [-0.15, -0.1) is 0 Å². The van der Waals surface area contributed by atoms with Crippen molar-refractivity contribution in [2.75, 3.05) is 0 Å². The van der Waals surface area contributed by atoms with Crippen molar-refractivity contribution in [3.05, 3.63) is 206 Å². The fourth-order valence-corrected chi connectivity index (χ4v) is 10.0. The van der Waals surface area contributed by atoms with Gasteiger partial charge < -0.3 is 9.13 Å². The lowest BCUT2D eigenvalue weighted by Gasteiger charge is -2.12. The van der Waals surface area contributed by atoms with Crippen molar-refractivity contribution in [1.29, 1.82) is 0 Å². The average Bonchev–Trinajstić information content (AvgIpc) is 3.92. The van der Waals surface area contributed by atoms with Crippen LogP contribution in [0.5, 0.6) is 0 Å². The van der Waals surface area contributed by atoms with Gasteiger partial charge in [0.1, 0.15) is 0 Å². The summed E-state index contributed by atoms with van der Waals surface area (Å²) in [5.41, 5.74) is 17.5. The van der Waals surface area contributed by atoms with Crippen LogP contribution < -0.4 is 0 Å². The van der Waals surface area contributed by atoms with Gasteiger partial charge in [0.2, 0.25) is 0 Å². The first-order valence-electron chi connectivity index (χ1n) is 20.1. The first-order valence-corrected chi connectivity index (χ1v) is 20.1. The lowest BCUT2D eigenvalue weighted by molar-refractivity contribution is 1.18. The van der Waals surface area contributed by atoms with Gasteiger partial charge in [-0.3, -0.25) is 0 Å². The van der Waals surface area contributed by atoms with Crippen LogP contribution in [0.4, 0.5) is 0 Å². The van der Waals surface area contributed by atoms with Gasteiger partial charge in [-0.05, 0) is 133 Å². The molecule has 2 heterocycles. The molecule has 0 atom stereocenters. The fraction of sp³-hybridized carbons (Fsp3) is 0. The van der Waals surface area contributed by atoms with E-state index in [1.165, 1.54) is 115 Å². The molecule has 1 aliphatic carbocycles. The monoisotopic (exact) mass is 734 g/mol. The number of hydrogen-bond acceptors (Lipinski definition) is 0. The molecule has 2 nitrogen and oxygen atoms in total. The maximum Gasteiger partial charge on any atom is 0.0541 e. The van der Waals surface area contributed by atoms with E-state index in [9.17, 15) is 0 Å². The zero-order valence-electron chi connectivity index (χ0n) is 31.5. The summed E-state index contributed by atoms with van der Waals surface area (Å²) < 4.78 is 4.81. The molecule has 0 bridgehead atoms. The highest BCUT2D eigenvalue weighted by Gasteiger charge is 2.22. The van der Waals surface area contributed by atoms with Crippen LogP contribution in [0.3, 0.4) is 0 Å². The van der Waals surface area contributed by atoms with Crippen LogP contribution in [-0.4, -0.2) is 9.13 Å². The van der Waals surface area contributed by atoms with Gasteiger partial charge in [-0.25, -0.2) is 0 Å². The summed E-state index contributed by atoms with van der Waals surface area (Å²) in [6, 6.07) is 76.2. The van der Waals surface area contributed by atoms with Crippen LogP contribution in [0.1, 0.15) is 0 Å². The van der Waals surface area contributed by atoms with E-state index >= 15 is 0 Å². The van der Waals surface area contributed by atoms with Gasteiger partial charge in [-0.2, -0.15) is 0 Å². The van der Waals surface area contributed by atoms with Crippen LogP contribution in [-0.2, 0) is 0 Å². The summed E-state index contributed by atoms with van der Waals surface area (Å²) in [5, 5.41) is 10.2. The summed E-state index contributed by atoms with van der Waals surface area (Å²) in [5.74, 6) is 0. The maximum atomic E-state index is 2.43. The molecule has 0 spiro atoms. The standard InChI is InChI=1S/C56H34N2/c1-2-11-40(12-3-1)57-52-19-8-6-15-45(52)50-33-37(24-29-54(50)57)38-25-30-55-51(34-38)46-16-7-9-20-53(46)58(55)41-26-23-35-31-39(22-21-36(35)32-41)42-27-28-49-44-14-5-4-13-43(44)48-18-10-17-47(42)56(48)49/h1-34H. The highest BCUT2D eigenvalue weighted by molar-refractivity contribution is 6.19. The zero-order valence-corrected chi connectivity index (χ0v) is 31.5. The van der Waals surface area contributed by atoms with Crippen LogP contribution in [0.25, 0.3) is 121 Å². The SMILES string of the molecule is c1ccc(-n2c3ccccc3c3cc(-c4ccc5c(c4)c4ccccc4n5-c4ccc5cc(-c6ccc7c8c(cccc68)-c6ccccc6-7)ccc5c4)ccc32)cc1. The normalized spacial score (nSPS) is 12.1. The second-order valence-corrected chi connectivity index (χ2v) is 15.7. The molecule has 10 aromatic carbocycles. The van der Waals surface area contributed by atoms with Crippen molar-refractivity contribution in [2.24, 2.45) is 0 Å². The van der Waals surface area contributed by atoms with Crippen LogP contribution >= 0.6 is 0 Å². The third-order valence-corrected chi connectivity index (χ3v) is 12.6. The molecular formula is C56H34N2. The average molecular weight is 735 g/mol. The second-order valence-electron chi connectivity index (χ2n) is 15.7. The number of fused-ring (bicyclic) bond motifs is 10. The second kappa shape index (κ2) is 11.9. The minimum absolute atomic E-state index is 1.16. The molecule has 0 amide bonds. The predicted molar refractivity (Wildman–Crippen MR) is 245 cm³/mol. The molecule has 0 aliphatic heterocycles. The van der Waals surface area contributed by atoms with Crippen molar-refractivity contribution in [3.63, 3.8) is 0 Å². The highest BCUT2D eigenvalue weighted by Crippen LogP contribution is 2.49. The molecular weight excluding hydrogens is 701 g/mol. The number of hydrogen-bond donors (Lipinski definition) is 0. The van der Waals surface area contributed by atoms with E-state index in [1.54, 1.807) is 0 Å². The van der Waals surface area contributed by atoms with Crippen molar-refractivity contribution in [1.82, 2.24) is 9.13 Å². The minimum Gasteiger partial charge on any atom is -0.309 e. The molecule has 0 saturated carbocycles. The Hall–Kier alpha value is -7.68. The largest absolute Gasteiger partial charge is 0.309 e. The summed E-state index contributed by atoms with van der Waals surface area (Å²) in [4.78, 5) is 0. The van der Waals surface area contributed by atoms with E-state index in [-0.39, 0.29) is 0 Å². The van der Waals surface area contributed by atoms with Gasteiger partial charge in [0.25, 0.3) is 0 Å². The van der Waals surface area contributed by atoms with E-state index in [0.29, 0.717) is 0 Å². The summed E-state index contributed by atoms with van der Waals surface area (Å²) in [6.07, 6.45) is 0. The topological polar surface area (TPSA) is 9.86 Å². The van der Waals surface area contributed by atoms with Crippen LogP contribution in [0, 0.1) is 0 Å². The Kier molecular flexibility index (Phi) is 6.47. The molecule has 0 radical (unpaired) electrons. The predicted octanol–water partition coefficient (Wildman–Crippen LogP) is 15.2. The van der Waals surface area contributed by atoms with E-state index in [4.69, 9.17) is 0 Å². The molecule has 268 valence electrons. The molecule has 2 aromatic heterocycles. The Balaban J connectivity index is 0.915. The molecule has 1 aliphatic rings. The van der Waals surface area contributed by atoms with E-state index < -0.39 is 0 Å². The third-order valence-electron chi connectivity index (χ3n) is 12.6. The molecule has 2 heteroatoms. The van der Waals surface area contributed by atoms with Gasteiger partial charge in [0.15, 0.2) is 0 Å². The minimum atomic E-state index is 1.16. The summed E-state index contributed by atoms with van der Waals surface area (Å²) in [6.45, 7) is 0. The van der Waals surface area contributed by atoms with Crippen molar-refractivity contribution < 1.29 is 0 Å². The first kappa shape index (κ1) is 31.5.